The number of hydrogen-bond acceptors (Lipinski definition) is 4. The average Bonchev–Trinajstić information content (AvgIpc) is 2.46. The number of rotatable bonds is 5. The lowest BCUT2D eigenvalue weighted by atomic mass is 10.2. The zero-order chi connectivity index (χ0) is 13.5. The first-order valence-corrected chi connectivity index (χ1v) is 6.12. The first-order valence-electron chi connectivity index (χ1n) is 6.12. The summed E-state index contributed by atoms with van der Waals surface area (Å²) >= 11 is 0. The normalized spacial score (nSPS) is 9.95. The number of aromatic nitrogens is 2. The molecule has 2 rings (SSSR count). The van der Waals surface area contributed by atoms with Crippen molar-refractivity contribution in [3.63, 3.8) is 0 Å². The number of amides is 1. The molecule has 0 radical (unpaired) electrons. The molecule has 2 heterocycles. The third kappa shape index (κ3) is 3.51. The number of nitrogens with zero attached hydrogens (tertiary/aromatic N) is 2. The van der Waals surface area contributed by atoms with Gasteiger partial charge in [-0.2, -0.15) is 0 Å². The van der Waals surface area contributed by atoms with Crippen LogP contribution in [0.2, 0.25) is 0 Å². The van der Waals surface area contributed by atoms with Crippen LogP contribution in [-0.2, 0) is 0 Å². The summed E-state index contributed by atoms with van der Waals surface area (Å²) in [5.41, 5.74) is 0.416. The molecule has 0 saturated carbocycles. The van der Waals surface area contributed by atoms with Gasteiger partial charge in [-0.15, -0.1) is 0 Å². The van der Waals surface area contributed by atoms with E-state index in [1.165, 1.54) is 0 Å². The summed E-state index contributed by atoms with van der Waals surface area (Å²) in [7, 11) is 0. The van der Waals surface area contributed by atoms with Gasteiger partial charge in [-0.05, 0) is 30.7 Å². The van der Waals surface area contributed by atoms with Gasteiger partial charge in [-0.25, -0.2) is 4.98 Å². The van der Waals surface area contributed by atoms with E-state index in [1.54, 1.807) is 42.9 Å². The molecule has 0 aromatic carbocycles. The van der Waals surface area contributed by atoms with Crippen molar-refractivity contribution in [3.05, 3.63) is 48.4 Å². The molecule has 2 aromatic rings. The lowest BCUT2D eigenvalue weighted by Gasteiger charge is -2.09. The number of ether oxygens (including phenoxy) is 1. The van der Waals surface area contributed by atoms with Crippen molar-refractivity contribution in [1.29, 1.82) is 0 Å². The van der Waals surface area contributed by atoms with E-state index in [0.717, 1.165) is 6.42 Å². The lowest BCUT2D eigenvalue weighted by molar-refractivity contribution is 0.0950. The van der Waals surface area contributed by atoms with E-state index < -0.39 is 0 Å². The van der Waals surface area contributed by atoms with Gasteiger partial charge in [0, 0.05) is 18.9 Å². The van der Waals surface area contributed by atoms with Crippen molar-refractivity contribution >= 4 is 5.91 Å². The molecule has 0 aliphatic carbocycles. The topological polar surface area (TPSA) is 64.1 Å². The quantitative estimate of drug-likeness (QED) is 0.893. The summed E-state index contributed by atoms with van der Waals surface area (Å²) < 4.78 is 5.58. The molecule has 0 saturated heterocycles. The van der Waals surface area contributed by atoms with E-state index >= 15 is 0 Å². The molecule has 5 nitrogen and oxygen atoms in total. The number of carbonyl (C=O) groups is 1. The summed E-state index contributed by atoms with van der Waals surface area (Å²) in [6, 6.07) is 6.91. The molecule has 5 heteroatoms. The van der Waals surface area contributed by atoms with Gasteiger partial charge in [0.2, 0.25) is 5.88 Å². The summed E-state index contributed by atoms with van der Waals surface area (Å²) in [6.07, 6.45) is 5.69. The van der Waals surface area contributed by atoms with Gasteiger partial charge >= 0.3 is 0 Å². The average molecular weight is 257 g/mol. The fourth-order valence-corrected chi connectivity index (χ4v) is 1.50. The summed E-state index contributed by atoms with van der Waals surface area (Å²) in [6.45, 7) is 2.62. The Balaban J connectivity index is 2.19. The number of carbonyl (C=O) groups excluding carboxylic acids is 1. The molecule has 1 amide bonds. The fourth-order valence-electron chi connectivity index (χ4n) is 1.50. The van der Waals surface area contributed by atoms with E-state index in [9.17, 15) is 4.79 Å². The molecule has 1 N–H and O–H groups in total. The van der Waals surface area contributed by atoms with Gasteiger partial charge in [0.1, 0.15) is 11.3 Å². The largest absolute Gasteiger partial charge is 0.437 e. The molecule has 19 heavy (non-hydrogen) atoms. The number of nitrogens with one attached hydrogen (secondary N) is 1. The molecular weight excluding hydrogens is 242 g/mol. The minimum absolute atomic E-state index is 0.186. The Morgan fingerprint density at radius 3 is 2.89 bits per heavy atom. The van der Waals surface area contributed by atoms with Gasteiger partial charge in [0.25, 0.3) is 5.91 Å². The SMILES string of the molecule is CCCNC(=O)c1cccnc1Oc1cccnc1. The molecule has 0 bridgehead atoms. The first-order chi connectivity index (χ1) is 9.31. The second kappa shape index (κ2) is 6.49. The van der Waals surface area contributed by atoms with Crippen LogP contribution in [0.3, 0.4) is 0 Å². The third-order valence-electron chi connectivity index (χ3n) is 2.40. The van der Waals surface area contributed by atoms with Crippen molar-refractivity contribution in [2.45, 2.75) is 13.3 Å². The number of hydrogen-bond donors (Lipinski definition) is 1. The van der Waals surface area contributed by atoms with Crippen molar-refractivity contribution in [2.75, 3.05) is 6.54 Å². The molecule has 98 valence electrons. The Morgan fingerprint density at radius 2 is 2.16 bits per heavy atom. The molecule has 0 atom stereocenters. The standard InChI is InChI=1S/C14H15N3O2/c1-2-7-16-13(18)12-6-4-9-17-14(12)19-11-5-3-8-15-10-11/h3-6,8-10H,2,7H2,1H3,(H,16,18). The smallest absolute Gasteiger partial charge is 0.256 e. The van der Waals surface area contributed by atoms with Crippen molar-refractivity contribution in [2.24, 2.45) is 0 Å². The van der Waals surface area contributed by atoms with E-state index in [0.29, 0.717) is 17.9 Å². The van der Waals surface area contributed by atoms with Crippen LogP contribution in [0.4, 0.5) is 0 Å². The monoisotopic (exact) mass is 257 g/mol. The van der Waals surface area contributed by atoms with Crippen LogP contribution in [0, 0.1) is 0 Å². The molecule has 0 unspecified atom stereocenters. The van der Waals surface area contributed by atoms with Gasteiger partial charge in [0.05, 0.1) is 6.20 Å². The first kappa shape index (κ1) is 13.0. The molecule has 0 aliphatic heterocycles. The van der Waals surface area contributed by atoms with Crippen molar-refractivity contribution < 1.29 is 9.53 Å². The Bertz CT molecular complexity index is 543. The highest BCUT2D eigenvalue weighted by Crippen LogP contribution is 2.21. The maximum Gasteiger partial charge on any atom is 0.256 e. The van der Waals surface area contributed by atoms with E-state index in [1.807, 2.05) is 6.92 Å². The summed E-state index contributed by atoms with van der Waals surface area (Å²) in [5.74, 6) is 0.642. The maximum atomic E-state index is 12.0. The molecule has 0 spiro atoms. The van der Waals surface area contributed by atoms with Crippen LogP contribution in [-0.4, -0.2) is 22.4 Å². The van der Waals surface area contributed by atoms with E-state index in [4.69, 9.17) is 4.74 Å². The Labute approximate surface area is 111 Å². The Hall–Kier alpha value is -2.43. The predicted octanol–water partition coefficient (Wildman–Crippen LogP) is 2.41. The summed E-state index contributed by atoms with van der Waals surface area (Å²) in [5, 5.41) is 2.80. The molecular formula is C14H15N3O2. The van der Waals surface area contributed by atoms with Crippen LogP contribution < -0.4 is 10.1 Å². The lowest BCUT2D eigenvalue weighted by Crippen LogP contribution is -2.24. The Morgan fingerprint density at radius 1 is 1.32 bits per heavy atom. The zero-order valence-electron chi connectivity index (χ0n) is 10.7. The van der Waals surface area contributed by atoms with Gasteiger partial charge in [0.15, 0.2) is 0 Å². The van der Waals surface area contributed by atoms with Crippen LogP contribution in [0.25, 0.3) is 0 Å². The third-order valence-corrected chi connectivity index (χ3v) is 2.40. The second-order valence-electron chi connectivity index (χ2n) is 3.90. The van der Waals surface area contributed by atoms with Crippen LogP contribution >= 0.6 is 0 Å². The highest BCUT2D eigenvalue weighted by atomic mass is 16.5. The van der Waals surface area contributed by atoms with Gasteiger partial charge in [-0.1, -0.05) is 6.92 Å². The Kier molecular flexibility index (Phi) is 4.44. The van der Waals surface area contributed by atoms with Crippen LogP contribution in [0.1, 0.15) is 23.7 Å². The summed E-state index contributed by atoms with van der Waals surface area (Å²) in [4.78, 5) is 20.0. The predicted molar refractivity (Wildman–Crippen MR) is 71.2 cm³/mol. The molecule has 2 aromatic heterocycles. The fraction of sp³-hybridized carbons (Fsp3) is 0.214. The highest BCUT2D eigenvalue weighted by molar-refractivity contribution is 5.96. The van der Waals surface area contributed by atoms with Crippen LogP contribution in [0.5, 0.6) is 11.6 Å². The molecule has 0 aliphatic rings. The minimum Gasteiger partial charge on any atom is -0.437 e. The maximum absolute atomic E-state index is 12.0. The van der Waals surface area contributed by atoms with Gasteiger partial charge < -0.3 is 10.1 Å². The highest BCUT2D eigenvalue weighted by Gasteiger charge is 2.13. The van der Waals surface area contributed by atoms with E-state index in [2.05, 4.69) is 15.3 Å². The van der Waals surface area contributed by atoms with Crippen molar-refractivity contribution in [1.82, 2.24) is 15.3 Å². The second-order valence-corrected chi connectivity index (χ2v) is 3.90. The van der Waals surface area contributed by atoms with Crippen molar-refractivity contribution in [3.8, 4) is 11.6 Å². The van der Waals surface area contributed by atoms with E-state index in [-0.39, 0.29) is 11.8 Å². The zero-order valence-corrected chi connectivity index (χ0v) is 10.7. The van der Waals surface area contributed by atoms with Crippen LogP contribution in [0.15, 0.2) is 42.9 Å². The molecule has 0 fully saturated rings. The minimum atomic E-state index is -0.186. The van der Waals surface area contributed by atoms with Gasteiger partial charge in [-0.3, -0.25) is 9.78 Å². The number of pyridine rings is 2.